The van der Waals surface area contributed by atoms with E-state index >= 15 is 0 Å². The predicted molar refractivity (Wildman–Crippen MR) is 75.8 cm³/mol. The first-order chi connectivity index (χ1) is 9.74. The van der Waals surface area contributed by atoms with Crippen LogP contribution in [0.5, 0.6) is 5.75 Å². The number of nitrogens with two attached hydrogens (primary N) is 1. The average molecular weight is 281 g/mol. The largest absolute Gasteiger partial charge is 0.497 e. The monoisotopic (exact) mass is 281 g/mol. The van der Waals surface area contributed by atoms with Crippen molar-refractivity contribution in [1.82, 2.24) is 0 Å². The van der Waals surface area contributed by atoms with Crippen LogP contribution in [0.1, 0.15) is 12.0 Å². The molecule has 20 heavy (non-hydrogen) atoms. The SMILES string of the molecule is COCCOC1C(N)CC1OCc1cccc(OC)c1. The van der Waals surface area contributed by atoms with Gasteiger partial charge in [-0.25, -0.2) is 0 Å². The van der Waals surface area contributed by atoms with Crippen LogP contribution in [0.25, 0.3) is 0 Å². The molecule has 0 amide bonds. The molecule has 0 bridgehead atoms. The van der Waals surface area contributed by atoms with Crippen LogP contribution in [0.3, 0.4) is 0 Å². The Morgan fingerprint density at radius 2 is 2.05 bits per heavy atom. The summed E-state index contributed by atoms with van der Waals surface area (Å²) >= 11 is 0. The van der Waals surface area contributed by atoms with Crippen molar-refractivity contribution in [2.24, 2.45) is 5.73 Å². The highest BCUT2D eigenvalue weighted by Crippen LogP contribution is 2.27. The van der Waals surface area contributed by atoms with Crippen molar-refractivity contribution in [3.63, 3.8) is 0 Å². The Kier molecular flexibility index (Phi) is 5.79. The quantitative estimate of drug-likeness (QED) is 0.729. The van der Waals surface area contributed by atoms with Crippen molar-refractivity contribution in [2.75, 3.05) is 27.4 Å². The summed E-state index contributed by atoms with van der Waals surface area (Å²) in [6.45, 7) is 1.67. The van der Waals surface area contributed by atoms with Crippen LogP contribution in [-0.4, -0.2) is 45.7 Å². The van der Waals surface area contributed by atoms with Crippen molar-refractivity contribution < 1.29 is 18.9 Å². The average Bonchev–Trinajstić information content (AvgIpc) is 2.48. The van der Waals surface area contributed by atoms with Gasteiger partial charge in [0.05, 0.1) is 39.1 Å². The minimum absolute atomic E-state index is 0.0317. The zero-order valence-corrected chi connectivity index (χ0v) is 12.1. The molecule has 5 nitrogen and oxygen atoms in total. The molecule has 2 N–H and O–H groups in total. The molecule has 0 saturated heterocycles. The molecule has 2 rings (SSSR count). The van der Waals surface area contributed by atoms with Crippen molar-refractivity contribution >= 4 is 0 Å². The van der Waals surface area contributed by atoms with Crippen LogP contribution in [-0.2, 0) is 20.8 Å². The van der Waals surface area contributed by atoms with Crippen LogP contribution in [0.2, 0.25) is 0 Å². The zero-order chi connectivity index (χ0) is 14.4. The molecule has 0 radical (unpaired) electrons. The van der Waals surface area contributed by atoms with Crippen LogP contribution in [0.4, 0.5) is 0 Å². The molecular weight excluding hydrogens is 258 g/mol. The third-order valence-electron chi connectivity index (χ3n) is 3.49. The molecule has 0 heterocycles. The van der Waals surface area contributed by atoms with E-state index in [9.17, 15) is 0 Å². The summed E-state index contributed by atoms with van der Waals surface area (Å²) in [6, 6.07) is 7.92. The van der Waals surface area contributed by atoms with Gasteiger partial charge in [-0.2, -0.15) is 0 Å². The van der Waals surface area contributed by atoms with E-state index in [4.69, 9.17) is 24.7 Å². The fraction of sp³-hybridized carbons (Fsp3) is 0.600. The minimum atomic E-state index is -0.0317. The lowest BCUT2D eigenvalue weighted by atomic mass is 9.86. The molecule has 3 atom stereocenters. The number of hydrogen-bond donors (Lipinski definition) is 1. The number of methoxy groups -OCH3 is 2. The summed E-state index contributed by atoms with van der Waals surface area (Å²) in [5, 5.41) is 0. The Balaban J connectivity index is 1.78. The first kappa shape index (κ1) is 15.3. The maximum Gasteiger partial charge on any atom is 0.119 e. The minimum Gasteiger partial charge on any atom is -0.497 e. The zero-order valence-electron chi connectivity index (χ0n) is 12.1. The van der Waals surface area contributed by atoms with Crippen molar-refractivity contribution in [1.29, 1.82) is 0 Å². The van der Waals surface area contributed by atoms with Gasteiger partial charge in [-0.05, 0) is 24.1 Å². The summed E-state index contributed by atoms with van der Waals surface area (Å²) < 4.78 is 21.7. The first-order valence-corrected chi connectivity index (χ1v) is 6.85. The first-order valence-electron chi connectivity index (χ1n) is 6.85. The lowest BCUT2D eigenvalue weighted by Gasteiger charge is -2.41. The maximum atomic E-state index is 5.94. The lowest BCUT2D eigenvalue weighted by molar-refractivity contribution is -0.149. The van der Waals surface area contributed by atoms with E-state index in [-0.39, 0.29) is 18.2 Å². The van der Waals surface area contributed by atoms with E-state index in [0.29, 0.717) is 19.8 Å². The van der Waals surface area contributed by atoms with E-state index in [1.165, 1.54) is 0 Å². The topological polar surface area (TPSA) is 62.9 Å². The number of benzene rings is 1. The van der Waals surface area contributed by atoms with Gasteiger partial charge >= 0.3 is 0 Å². The predicted octanol–water partition coefficient (Wildman–Crippen LogP) is 1.34. The maximum absolute atomic E-state index is 5.94. The number of rotatable bonds is 8. The standard InChI is InChI=1S/C15H23NO4/c1-17-6-7-19-15-13(16)9-14(15)20-10-11-4-3-5-12(8-11)18-2/h3-5,8,13-15H,6-7,9-10,16H2,1-2H3. The third kappa shape index (κ3) is 3.93. The fourth-order valence-corrected chi connectivity index (χ4v) is 2.24. The van der Waals surface area contributed by atoms with Gasteiger partial charge in [0.2, 0.25) is 0 Å². The normalized spacial score (nSPS) is 25.2. The molecule has 0 spiro atoms. The Hall–Kier alpha value is -1.14. The van der Waals surface area contributed by atoms with Gasteiger partial charge in [0, 0.05) is 13.2 Å². The Morgan fingerprint density at radius 3 is 2.75 bits per heavy atom. The molecule has 112 valence electrons. The van der Waals surface area contributed by atoms with Crippen LogP contribution in [0, 0.1) is 0 Å². The summed E-state index contributed by atoms with van der Waals surface area (Å²) in [4.78, 5) is 0. The highest BCUT2D eigenvalue weighted by molar-refractivity contribution is 5.27. The van der Waals surface area contributed by atoms with Crippen LogP contribution >= 0.6 is 0 Å². The van der Waals surface area contributed by atoms with Crippen LogP contribution < -0.4 is 10.5 Å². The Bertz CT molecular complexity index is 413. The summed E-state index contributed by atoms with van der Waals surface area (Å²) in [5.41, 5.74) is 7.03. The fourth-order valence-electron chi connectivity index (χ4n) is 2.24. The van der Waals surface area contributed by atoms with Gasteiger partial charge in [-0.1, -0.05) is 12.1 Å². The van der Waals surface area contributed by atoms with Crippen molar-refractivity contribution in [2.45, 2.75) is 31.3 Å². The molecule has 0 aliphatic heterocycles. The summed E-state index contributed by atoms with van der Waals surface area (Å²) in [5.74, 6) is 0.837. The van der Waals surface area contributed by atoms with Gasteiger partial charge in [-0.15, -0.1) is 0 Å². The molecule has 3 unspecified atom stereocenters. The van der Waals surface area contributed by atoms with Gasteiger partial charge in [0.15, 0.2) is 0 Å². The van der Waals surface area contributed by atoms with Crippen molar-refractivity contribution in [3.05, 3.63) is 29.8 Å². The van der Waals surface area contributed by atoms with Gasteiger partial charge < -0.3 is 24.7 Å². The molecule has 1 aliphatic carbocycles. The second-order valence-corrected chi connectivity index (χ2v) is 4.93. The molecule has 1 aliphatic rings. The number of hydrogen-bond acceptors (Lipinski definition) is 5. The van der Waals surface area contributed by atoms with Crippen LogP contribution in [0.15, 0.2) is 24.3 Å². The smallest absolute Gasteiger partial charge is 0.119 e. The van der Waals surface area contributed by atoms with Gasteiger partial charge in [0.25, 0.3) is 0 Å². The van der Waals surface area contributed by atoms with E-state index < -0.39 is 0 Å². The molecule has 1 saturated carbocycles. The molecular formula is C15H23NO4. The van der Waals surface area contributed by atoms with E-state index in [1.54, 1.807) is 14.2 Å². The molecule has 1 aromatic rings. The van der Waals surface area contributed by atoms with Crippen molar-refractivity contribution in [3.8, 4) is 5.75 Å². The third-order valence-corrected chi connectivity index (χ3v) is 3.49. The van der Waals surface area contributed by atoms with E-state index in [0.717, 1.165) is 17.7 Å². The summed E-state index contributed by atoms with van der Waals surface area (Å²) in [6.07, 6.45) is 0.866. The second kappa shape index (κ2) is 7.59. The highest BCUT2D eigenvalue weighted by atomic mass is 16.6. The second-order valence-electron chi connectivity index (χ2n) is 4.93. The lowest BCUT2D eigenvalue weighted by Crippen LogP contribution is -2.58. The molecule has 1 fully saturated rings. The van der Waals surface area contributed by atoms with Gasteiger partial charge in [0.1, 0.15) is 5.75 Å². The highest BCUT2D eigenvalue weighted by Gasteiger charge is 2.40. The number of ether oxygens (including phenoxy) is 4. The van der Waals surface area contributed by atoms with E-state index in [2.05, 4.69) is 0 Å². The molecule has 0 aromatic heterocycles. The Labute approximate surface area is 120 Å². The van der Waals surface area contributed by atoms with Gasteiger partial charge in [-0.3, -0.25) is 0 Å². The molecule has 1 aromatic carbocycles. The Morgan fingerprint density at radius 1 is 1.20 bits per heavy atom. The van der Waals surface area contributed by atoms with E-state index in [1.807, 2.05) is 24.3 Å². The molecule has 5 heteroatoms. The summed E-state index contributed by atoms with van der Waals surface area (Å²) in [7, 11) is 3.31.